The predicted octanol–water partition coefficient (Wildman–Crippen LogP) is 0.262. The summed E-state index contributed by atoms with van der Waals surface area (Å²) in [5.74, 6) is -1.44. The van der Waals surface area contributed by atoms with Gasteiger partial charge in [0.25, 0.3) is 5.69 Å². The molecule has 0 amide bonds. The maximum Gasteiger partial charge on any atom is 0.277 e. The van der Waals surface area contributed by atoms with Gasteiger partial charge >= 0.3 is 0 Å². The minimum absolute atomic E-state index is 0.01000. The Morgan fingerprint density at radius 2 is 2.00 bits per heavy atom. The quantitative estimate of drug-likeness (QED) is 0.300. The van der Waals surface area contributed by atoms with Crippen LogP contribution in [0.5, 0.6) is 0 Å². The standard InChI is InChI=1S/C9H11FN6O2/c1-4-6(14-9(13)15-8(11)12)2-5(10)3-7(4)16(17)18/h2-3H,1H3,(H6,11,12,13,14,15). The van der Waals surface area contributed by atoms with Gasteiger partial charge < -0.3 is 17.2 Å². The first-order valence-corrected chi connectivity index (χ1v) is 4.69. The lowest BCUT2D eigenvalue weighted by molar-refractivity contribution is -0.385. The van der Waals surface area contributed by atoms with Crippen LogP contribution < -0.4 is 17.2 Å². The van der Waals surface area contributed by atoms with Crippen molar-refractivity contribution in [3.05, 3.63) is 33.6 Å². The number of guanidine groups is 2. The molecule has 8 nitrogen and oxygen atoms in total. The van der Waals surface area contributed by atoms with E-state index in [1.54, 1.807) is 0 Å². The number of nitro benzene ring substituents is 1. The molecule has 0 saturated carbocycles. The summed E-state index contributed by atoms with van der Waals surface area (Å²) >= 11 is 0. The molecule has 0 atom stereocenters. The molecule has 0 aliphatic heterocycles. The molecule has 0 heterocycles. The fourth-order valence-electron chi connectivity index (χ4n) is 1.24. The minimum Gasteiger partial charge on any atom is -0.370 e. The molecule has 0 aliphatic rings. The molecular weight excluding hydrogens is 243 g/mol. The Kier molecular flexibility index (Phi) is 3.77. The van der Waals surface area contributed by atoms with E-state index in [9.17, 15) is 14.5 Å². The highest BCUT2D eigenvalue weighted by molar-refractivity contribution is 5.93. The molecule has 1 aromatic rings. The molecule has 0 saturated heterocycles. The van der Waals surface area contributed by atoms with Gasteiger partial charge in [0.2, 0.25) is 5.96 Å². The lowest BCUT2D eigenvalue weighted by atomic mass is 10.1. The molecule has 96 valence electrons. The van der Waals surface area contributed by atoms with Crippen LogP contribution in [0.4, 0.5) is 15.8 Å². The van der Waals surface area contributed by atoms with Crippen LogP contribution in [0.15, 0.2) is 22.1 Å². The third kappa shape index (κ3) is 3.14. The molecule has 0 aliphatic carbocycles. The summed E-state index contributed by atoms with van der Waals surface area (Å²) in [7, 11) is 0. The van der Waals surface area contributed by atoms with Crippen LogP contribution in [-0.4, -0.2) is 16.8 Å². The maximum absolute atomic E-state index is 13.2. The van der Waals surface area contributed by atoms with Gasteiger partial charge in [-0.05, 0) is 6.92 Å². The number of nitrogens with zero attached hydrogens (tertiary/aromatic N) is 3. The van der Waals surface area contributed by atoms with E-state index in [1.165, 1.54) is 6.92 Å². The molecule has 18 heavy (non-hydrogen) atoms. The van der Waals surface area contributed by atoms with E-state index in [4.69, 9.17) is 17.2 Å². The van der Waals surface area contributed by atoms with Crippen molar-refractivity contribution < 1.29 is 9.31 Å². The molecule has 1 aromatic carbocycles. The van der Waals surface area contributed by atoms with E-state index in [0.29, 0.717) is 0 Å². The third-order valence-electron chi connectivity index (χ3n) is 1.99. The highest BCUT2D eigenvalue weighted by Crippen LogP contribution is 2.29. The average molecular weight is 254 g/mol. The van der Waals surface area contributed by atoms with Crippen molar-refractivity contribution in [2.24, 2.45) is 27.2 Å². The van der Waals surface area contributed by atoms with Gasteiger partial charge in [-0.25, -0.2) is 9.38 Å². The number of hydrogen-bond acceptors (Lipinski definition) is 3. The van der Waals surface area contributed by atoms with E-state index in [2.05, 4.69) is 9.98 Å². The second kappa shape index (κ2) is 5.08. The van der Waals surface area contributed by atoms with Crippen molar-refractivity contribution >= 4 is 23.3 Å². The first-order chi connectivity index (χ1) is 8.31. The van der Waals surface area contributed by atoms with Gasteiger partial charge in [-0.3, -0.25) is 10.1 Å². The van der Waals surface area contributed by atoms with E-state index in [-0.39, 0.29) is 23.2 Å². The fraction of sp³-hybridized carbons (Fsp3) is 0.111. The van der Waals surface area contributed by atoms with Crippen LogP contribution in [0.2, 0.25) is 0 Å². The number of nitro groups is 1. The van der Waals surface area contributed by atoms with Gasteiger partial charge in [-0.2, -0.15) is 4.99 Å². The molecule has 0 fully saturated rings. The molecule has 0 unspecified atom stereocenters. The SMILES string of the molecule is Cc1c(N=C(N)N=C(N)N)cc(F)cc1[N+](=O)[O-]. The number of nitrogens with two attached hydrogens (primary N) is 3. The van der Waals surface area contributed by atoms with Crippen LogP contribution in [-0.2, 0) is 0 Å². The number of hydrogen-bond donors (Lipinski definition) is 3. The normalized spacial score (nSPS) is 11.1. The number of halogens is 1. The first-order valence-electron chi connectivity index (χ1n) is 4.69. The Labute approximate surface area is 101 Å². The van der Waals surface area contributed by atoms with Crippen LogP contribution in [0.25, 0.3) is 0 Å². The summed E-state index contributed by atoms with van der Waals surface area (Å²) in [5.41, 5.74) is 15.3. The smallest absolute Gasteiger partial charge is 0.277 e. The Bertz CT molecular complexity index is 550. The Hall–Kier alpha value is -2.71. The van der Waals surface area contributed by atoms with Gasteiger partial charge in [0, 0.05) is 6.07 Å². The first kappa shape index (κ1) is 13.4. The summed E-state index contributed by atoms with van der Waals surface area (Å²) in [6.07, 6.45) is 0. The lowest BCUT2D eigenvalue weighted by Gasteiger charge is -2.02. The molecule has 6 N–H and O–H groups in total. The lowest BCUT2D eigenvalue weighted by Crippen LogP contribution is -2.26. The highest BCUT2D eigenvalue weighted by Gasteiger charge is 2.16. The van der Waals surface area contributed by atoms with Gasteiger partial charge in [-0.15, -0.1) is 0 Å². The summed E-state index contributed by atoms with van der Waals surface area (Å²) in [6.45, 7) is 1.42. The second-order valence-corrected chi connectivity index (χ2v) is 3.33. The molecule has 0 bridgehead atoms. The van der Waals surface area contributed by atoms with Crippen molar-refractivity contribution in [1.82, 2.24) is 0 Å². The predicted molar refractivity (Wildman–Crippen MR) is 64.9 cm³/mol. The zero-order valence-corrected chi connectivity index (χ0v) is 9.42. The van der Waals surface area contributed by atoms with Gasteiger partial charge in [0.05, 0.1) is 22.2 Å². The maximum atomic E-state index is 13.2. The van der Waals surface area contributed by atoms with E-state index in [1.807, 2.05) is 0 Å². The van der Waals surface area contributed by atoms with Crippen molar-refractivity contribution in [2.75, 3.05) is 0 Å². The van der Waals surface area contributed by atoms with Gasteiger partial charge in [0.15, 0.2) is 5.96 Å². The Balaban J connectivity index is 3.34. The Morgan fingerprint density at radius 1 is 1.39 bits per heavy atom. The monoisotopic (exact) mass is 254 g/mol. The summed E-state index contributed by atoms with van der Waals surface area (Å²) < 4.78 is 13.2. The van der Waals surface area contributed by atoms with Crippen molar-refractivity contribution in [3.63, 3.8) is 0 Å². The summed E-state index contributed by atoms with van der Waals surface area (Å²) in [5, 5.41) is 10.7. The van der Waals surface area contributed by atoms with E-state index < -0.39 is 16.4 Å². The average Bonchev–Trinajstić information content (AvgIpc) is 2.21. The van der Waals surface area contributed by atoms with Gasteiger partial charge in [0.1, 0.15) is 5.82 Å². The van der Waals surface area contributed by atoms with Crippen LogP contribution in [0.1, 0.15) is 5.56 Å². The van der Waals surface area contributed by atoms with Crippen LogP contribution in [0.3, 0.4) is 0 Å². The number of benzene rings is 1. The fourth-order valence-corrected chi connectivity index (χ4v) is 1.24. The van der Waals surface area contributed by atoms with Crippen molar-refractivity contribution in [3.8, 4) is 0 Å². The summed E-state index contributed by atoms with van der Waals surface area (Å²) in [4.78, 5) is 17.1. The summed E-state index contributed by atoms with van der Waals surface area (Å²) in [6, 6.07) is 1.79. The molecule has 0 radical (unpaired) electrons. The van der Waals surface area contributed by atoms with Crippen LogP contribution in [0, 0.1) is 22.9 Å². The molecule has 9 heteroatoms. The molecule has 0 aromatic heterocycles. The van der Waals surface area contributed by atoms with Crippen molar-refractivity contribution in [1.29, 1.82) is 0 Å². The number of rotatable bonds is 2. The van der Waals surface area contributed by atoms with E-state index in [0.717, 1.165) is 12.1 Å². The minimum atomic E-state index is -0.802. The topological polar surface area (TPSA) is 146 Å². The molecule has 0 spiro atoms. The second-order valence-electron chi connectivity index (χ2n) is 3.33. The largest absolute Gasteiger partial charge is 0.370 e. The zero-order chi connectivity index (χ0) is 13.9. The number of aliphatic imine (C=N–C) groups is 2. The Morgan fingerprint density at radius 3 is 2.50 bits per heavy atom. The van der Waals surface area contributed by atoms with Crippen LogP contribution >= 0.6 is 0 Å². The van der Waals surface area contributed by atoms with E-state index >= 15 is 0 Å². The van der Waals surface area contributed by atoms with Crippen molar-refractivity contribution in [2.45, 2.75) is 6.92 Å². The third-order valence-corrected chi connectivity index (χ3v) is 1.99. The molecular formula is C9H11FN6O2. The highest BCUT2D eigenvalue weighted by atomic mass is 19.1. The molecule has 1 rings (SSSR count). The zero-order valence-electron chi connectivity index (χ0n) is 9.42. The van der Waals surface area contributed by atoms with Gasteiger partial charge in [-0.1, -0.05) is 0 Å².